The molecule has 1 atom stereocenters. The van der Waals surface area contributed by atoms with E-state index < -0.39 is 12.6 Å². The standard InChI is InChI=1S/C17H17NO4S/c19-15(20)10-22-13-4-1-3-12(9-13)17(21)18-16(11-6-7-11)14-5-2-8-23-14/h1-5,8-9,11,16H,6-7,10H2,(H,18,21)(H,19,20). The molecule has 1 aromatic heterocycles. The molecule has 2 N–H and O–H groups in total. The molecule has 1 saturated carbocycles. The lowest BCUT2D eigenvalue weighted by molar-refractivity contribution is -0.139. The molecule has 0 aliphatic heterocycles. The second-order valence-corrected chi connectivity index (χ2v) is 6.49. The number of hydrogen-bond donors (Lipinski definition) is 2. The largest absolute Gasteiger partial charge is 0.482 e. The first kappa shape index (κ1) is 15.6. The Labute approximate surface area is 137 Å². The summed E-state index contributed by atoms with van der Waals surface area (Å²) in [4.78, 5) is 24.2. The molecule has 1 unspecified atom stereocenters. The smallest absolute Gasteiger partial charge is 0.341 e. The second kappa shape index (κ2) is 6.83. The van der Waals surface area contributed by atoms with Crippen molar-refractivity contribution in [2.45, 2.75) is 18.9 Å². The van der Waals surface area contributed by atoms with Crippen LogP contribution in [0.4, 0.5) is 0 Å². The van der Waals surface area contributed by atoms with Crippen molar-refractivity contribution in [1.82, 2.24) is 5.32 Å². The van der Waals surface area contributed by atoms with Crippen LogP contribution in [0.5, 0.6) is 5.75 Å². The van der Waals surface area contributed by atoms with Crippen molar-refractivity contribution in [1.29, 1.82) is 0 Å². The molecule has 3 rings (SSSR count). The van der Waals surface area contributed by atoms with Crippen molar-refractivity contribution >= 4 is 23.2 Å². The van der Waals surface area contributed by atoms with Gasteiger partial charge >= 0.3 is 5.97 Å². The summed E-state index contributed by atoms with van der Waals surface area (Å²) in [6, 6.07) is 10.7. The van der Waals surface area contributed by atoms with Crippen molar-refractivity contribution in [3.8, 4) is 5.75 Å². The third-order valence-corrected chi connectivity index (χ3v) is 4.64. The van der Waals surface area contributed by atoms with Crippen LogP contribution < -0.4 is 10.1 Å². The Kier molecular flexibility index (Phi) is 4.62. The zero-order valence-electron chi connectivity index (χ0n) is 12.4. The number of hydrogen-bond acceptors (Lipinski definition) is 4. The predicted molar refractivity (Wildman–Crippen MR) is 86.8 cm³/mol. The molecule has 0 bridgehead atoms. The highest BCUT2D eigenvalue weighted by molar-refractivity contribution is 7.10. The third kappa shape index (κ3) is 4.10. The Balaban J connectivity index is 1.69. The Bertz CT molecular complexity index is 694. The van der Waals surface area contributed by atoms with Gasteiger partial charge in [0.2, 0.25) is 0 Å². The SMILES string of the molecule is O=C(O)COc1cccc(C(=O)NC(c2cccs2)C2CC2)c1. The van der Waals surface area contributed by atoms with Crippen LogP contribution in [-0.4, -0.2) is 23.6 Å². The average molecular weight is 331 g/mol. The van der Waals surface area contributed by atoms with E-state index in [-0.39, 0.29) is 11.9 Å². The molecule has 0 spiro atoms. The molecular formula is C17H17NO4S. The van der Waals surface area contributed by atoms with E-state index in [2.05, 4.69) is 5.32 Å². The summed E-state index contributed by atoms with van der Waals surface area (Å²) < 4.78 is 5.12. The fourth-order valence-corrected chi connectivity index (χ4v) is 3.29. The van der Waals surface area contributed by atoms with Gasteiger partial charge in [-0.2, -0.15) is 0 Å². The van der Waals surface area contributed by atoms with E-state index in [1.165, 1.54) is 4.88 Å². The highest BCUT2D eigenvalue weighted by Gasteiger charge is 2.34. The number of carbonyl (C=O) groups is 2. The van der Waals surface area contributed by atoms with Crippen molar-refractivity contribution in [2.24, 2.45) is 5.92 Å². The monoisotopic (exact) mass is 331 g/mol. The minimum atomic E-state index is -1.05. The number of carboxylic acids is 1. The highest BCUT2D eigenvalue weighted by Crippen LogP contribution is 2.42. The number of carboxylic acid groups (broad SMARTS) is 1. The number of carbonyl (C=O) groups excluding carboxylic acids is 1. The topological polar surface area (TPSA) is 75.6 Å². The molecule has 1 amide bonds. The molecule has 1 aliphatic rings. The number of nitrogens with one attached hydrogen (secondary N) is 1. The third-order valence-electron chi connectivity index (χ3n) is 3.69. The summed E-state index contributed by atoms with van der Waals surface area (Å²) >= 11 is 1.65. The second-order valence-electron chi connectivity index (χ2n) is 5.51. The van der Waals surface area contributed by atoms with Crippen LogP contribution in [0, 0.1) is 5.92 Å². The maximum Gasteiger partial charge on any atom is 0.341 e. The van der Waals surface area contributed by atoms with Gasteiger partial charge in [0.25, 0.3) is 5.91 Å². The van der Waals surface area contributed by atoms with Gasteiger partial charge in [0.05, 0.1) is 6.04 Å². The molecule has 1 aromatic carbocycles. The summed E-state index contributed by atoms with van der Waals surface area (Å²) in [6.45, 7) is -0.426. The molecule has 0 saturated heterocycles. The van der Waals surface area contributed by atoms with Crippen molar-refractivity contribution in [3.05, 3.63) is 52.2 Å². The van der Waals surface area contributed by atoms with Crippen molar-refractivity contribution < 1.29 is 19.4 Å². The van der Waals surface area contributed by atoms with Crippen LogP contribution in [0.3, 0.4) is 0 Å². The fourth-order valence-electron chi connectivity index (χ4n) is 2.42. The fraction of sp³-hybridized carbons (Fsp3) is 0.294. The Morgan fingerprint density at radius 1 is 1.30 bits per heavy atom. The summed E-state index contributed by atoms with van der Waals surface area (Å²) in [7, 11) is 0. The van der Waals surface area contributed by atoms with Gasteiger partial charge in [-0.25, -0.2) is 4.79 Å². The summed E-state index contributed by atoms with van der Waals surface area (Å²) in [5, 5.41) is 13.7. The Morgan fingerprint density at radius 3 is 2.78 bits per heavy atom. The normalized spacial score (nSPS) is 15.0. The number of rotatable bonds is 7. The minimum Gasteiger partial charge on any atom is -0.482 e. The van der Waals surface area contributed by atoms with E-state index in [0.717, 1.165) is 12.8 Å². The summed E-state index contributed by atoms with van der Waals surface area (Å²) in [5.41, 5.74) is 0.468. The molecule has 2 aromatic rings. The maximum atomic E-state index is 12.5. The number of amides is 1. The first-order valence-electron chi connectivity index (χ1n) is 7.42. The van der Waals surface area contributed by atoms with Gasteiger partial charge in [0, 0.05) is 10.4 Å². The van der Waals surface area contributed by atoms with Crippen LogP contribution in [0.2, 0.25) is 0 Å². The van der Waals surface area contributed by atoms with Crippen LogP contribution in [0.15, 0.2) is 41.8 Å². The maximum absolute atomic E-state index is 12.5. The summed E-state index contributed by atoms with van der Waals surface area (Å²) in [5.74, 6) is -0.342. The number of thiophene rings is 1. The van der Waals surface area contributed by atoms with Gasteiger partial charge in [0.15, 0.2) is 6.61 Å². The zero-order valence-corrected chi connectivity index (χ0v) is 13.2. The van der Waals surface area contributed by atoms with E-state index in [1.54, 1.807) is 35.6 Å². The van der Waals surface area contributed by atoms with Crippen LogP contribution in [0.25, 0.3) is 0 Å². The molecule has 1 aliphatic carbocycles. The molecule has 23 heavy (non-hydrogen) atoms. The van der Waals surface area contributed by atoms with E-state index in [1.807, 2.05) is 17.5 Å². The molecule has 5 nitrogen and oxygen atoms in total. The number of ether oxygens (including phenoxy) is 1. The van der Waals surface area contributed by atoms with Gasteiger partial charge in [0.1, 0.15) is 5.75 Å². The minimum absolute atomic E-state index is 0.0473. The van der Waals surface area contributed by atoms with Crippen molar-refractivity contribution in [3.63, 3.8) is 0 Å². The lowest BCUT2D eigenvalue weighted by atomic mass is 10.1. The predicted octanol–water partition coefficient (Wildman–Crippen LogP) is 3.09. The van der Waals surface area contributed by atoms with Gasteiger partial charge in [-0.15, -0.1) is 11.3 Å². The average Bonchev–Trinajstić information content (AvgIpc) is 3.24. The molecule has 6 heteroatoms. The van der Waals surface area contributed by atoms with Crippen LogP contribution in [-0.2, 0) is 4.79 Å². The lowest BCUT2D eigenvalue weighted by Gasteiger charge is -2.17. The Morgan fingerprint density at radius 2 is 2.13 bits per heavy atom. The molecule has 1 heterocycles. The molecular weight excluding hydrogens is 314 g/mol. The Hall–Kier alpha value is -2.34. The number of aliphatic carboxylic acids is 1. The van der Waals surface area contributed by atoms with Crippen LogP contribution in [0.1, 0.15) is 34.1 Å². The van der Waals surface area contributed by atoms with E-state index >= 15 is 0 Å². The van der Waals surface area contributed by atoms with Gasteiger partial charge < -0.3 is 15.2 Å². The highest BCUT2D eigenvalue weighted by atomic mass is 32.1. The van der Waals surface area contributed by atoms with Crippen LogP contribution >= 0.6 is 11.3 Å². The molecule has 1 fully saturated rings. The quantitative estimate of drug-likeness (QED) is 0.817. The van der Waals surface area contributed by atoms with Gasteiger partial charge in [-0.3, -0.25) is 4.79 Å². The summed E-state index contributed by atoms with van der Waals surface area (Å²) in [6.07, 6.45) is 2.26. The first-order valence-corrected chi connectivity index (χ1v) is 8.30. The van der Waals surface area contributed by atoms with E-state index in [9.17, 15) is 9.59 Å². The van der Waals surface area contributed by atoms with Crippen molar-refractivity contribution in [2.75, 3.05) is 6.61 Å². The molecule has 0 radical (unpaired) electrons. The van der Waals surface area contributed by atoms with E-state index in [4.69, 9.17) is 9.84 Å². The molecule has 120 valence electrons. The number of benzene rings is 1. The lowest BCUT2D eigenvalue weighted by Crippen LogP contribution is -2.29. The zero-order chi connectivity index (χ0) is 16.2. The first-order chi connectivity index (χ1) is 11.1. The van der Waals surface area contributed by atoms with Gasteiger partial charge in [-0.05, 0) is 48.4 Å². The van der Waals surface area contributed by atoms with E-state index in [0.29, 0.717) is 17.2 Å². The van der Waals surface area contributed by atoms with Gasteiger partial charge in [-0.1, -0.05) is 12.1 Å².